The van der Waals surface area contributed by atoms with Gasteiger partial charge < -0.3 is 0 Å². The van der Waals surface area contributed by atoms with E-state index in [0.29, 0.717) is 17.0 Å². The molecule has 1 heterocycles. The van der Waals surface area contributed by atoms with Crippen molar-refractivity contribution in [3.8, 4) is 6.07 Å². The van der Waals surface area contributed by atoms with Crippen LogP contribution in [0, 0.1) is 11.3 Å². The second-order valence-corrected chi connectivity index (χ2v) is 5.66. The maximum atomic E-state index is 11.8. The highest BCUT2D eigenvalue weighted by molar-refractivity contribution is 7.97. The number of rotatable bonds is 4. The van der Waals surface area contributed by atoms with Crippen LogP contribution in [0.2, 0.25) is 0 Å². The molecule has 0 unspecified atom stereocenters. The first-order chi connectivity index (χ1) is 10.0. The van der Waals surface area contributed by atoms with Crippen molar-refractivity contribution in [1.82, 2.24) is 9.13 Å². The summed E-state index contributed by atoms with van der Waals surface area (Å²) >= 11 is 1.62. The smallest absolute Gasteiger partial charge is 0.300 e. The average molecular weight is 301 g/mol. The molecule has 0 aliphatic heterocycles. The lowest BCUT2D eigenvalue weighted by Crippen LogP contribution is -2.37. The maximum absolute atomic E-state index is 11.8. The Balaban J connectivity index is 2.05. The molecule has 0 spiro atoms. The van der Waals surface area contributed by atoms with E-state index in [2.05, 4.69) is 6.07 Å². The Morgan fingerprint density at radius 1 is 1.10 bits per heavy atom. The minimum atomic E-state index is -0.309. The highest BCUT2D eigenvalue weighted by Gasteiger charge is 2.06. The van der Waals surface area contributed by atoms with Crippen molar-refractivity contribution in [3.05, 3.63) is 68.0 Å². The van der Waals surface area contributed by atoms with Crippen LogP contribution >= 0.6 is 11.8 Å². The van der Waals surface area contributed by atoms with Gasteiger partial charge in [0.05, 0.1) is 11.6 Å². The van der Waals surface area contributed by atoms with Crippen molar-refractivity contribution in [2.45, 2.75) is 11.5 Å². The van der Waals surface area contributed by atoms with Gasteiger partial charge in [-0.1, -0.05) is 12.1 Å². The Morgan fingerprint density at radius 3 is 2.38 bits per heavy atom. The first-order valence-electron chi connectivity index (χ1n) is 6.35. The van der Waals surface area contributed by atoms with Gasteiger partial charge in [-0.25, -0.2) is 4.79 Å². The summed E-state index contributed by atoms with van der Waals surface area (Å²) in [7, 11) is 3.14. The van der Waals surface area contributed by atoms with Gasteiger partial charge in [-0.3, -0.25) is 13.9 Å². The quantitative estimate of drug-likeness (QED) is 0.856. The molecule has 0 fully saturated rings. The van der Waals surface area contributed by atoms with Gasteiger partial charge in [0.25, 0.3) is 5.56 Å². The Morgan fingerprint density at radius 2 is 1.76 bits per heavy atom. The van der Waals surface area contributed by atoms with Crippen LogP contribution < -0.4 is 11.2 Å². The van der Waals surface area contributed by atoms with E-state index in [0.717, 1.165) is 15.9 Å². The minimum absolute atomic E-state index is 0.285. The van der Waals surface area contributed by atoms with Crippen molar-refractivity contribution >= 4 is 11.8 Å². The molecule has 2 aromatic rings. The molecule has 5 nitrogen and oxygen atoms in total. The van der Waals surface area contributed by atoms with Crippen molar-refractivity contribution in [2.75, 3.05) is 0 Å². The van der Waals surface area contributed by atoms with E-state index in [-0.39, 0.29) is 11.2 Å². The number of nitriles is 1. The zero-order chi connectivity index (χ0) is 15.4. The molecule has 0 radical (unpaired) electrons. The van der Waals surface area contributed by atoms with E-state index >= 15 is 0 Å². The zero-order valence-corrected chi connectivity index (χ0v) is 12.7. The zero-order valence-electron chi connectivity index (χ0n) is 11.9. The van der Waals surface area contributed by atoms with Crippen LogP contribution in [-0.2, 0) is 25.6 Å². The maximum Gasteiger partial charge on any atom is 0.330 e. The molecule has 0 N–H and O–H groups in total. The summed E-state index contributed by atoms with van der Waals surface area (Å²) in [6.07, 6.45) is 0. The second-order valence-electron chi connectivity index (χ2n) is 4.68. The third-order valence-electron chi connectivity index (χ3n) is 3.23. The predicted octanol–water partition coefficient (Wildman–Crippen LogP) is 1.39. The highest BCUT2D eigenvalue weighted by atomic mass is 32.2. The molecule has 0 saturated carbocycles. The lowest BCUT2D eigenvalue weighted by atomic mass is 10.2. The van der Waals surface area contributed by atoms with E-state index < -0.39 is 0 Å². The number of nitrogens with zero attached hydrogens (tertiary/aromatic N) is 3. The standard InChI is InChI=1S/C15H15N3O2S/c1-17-13(7-14(19)18(2)15(17)20)10-21-9-12-5-3-11(8-16)4-6-12/h3-7H,9-10H2,1-2H3. The Bertz CT molecular complexity index is 798. The van der Waals surface area contributed by atoms with E-state index in [1.165, 1.54) is 17.7 Å². The van der Waals surface area contributed by atoms with Crippen LogP contribution in [0.15, 0.2) is 39.9 Å². The van der Waals surface area contributed by atoms with Crippen LogP contribution in [0.1, 0.15) is 16.8 Å². The number of thioether (sulfide) groups is 1. The van der Waals surface area contributed by atoms with Gasteiger partial charge in [-0.2, -0.15) is 17.0 Å². The lowest BCUT2D eigenvalue weighted by molar-refractivity contribution is 0.665. The fourth-order valence-electron chi connectivity index (χ4n) is 1.87. The molecule has 0 amide bonds. The number of benzene rings is 1. The van der Waals surface area contributed by atoms with Crippen molar-refractivity contribution in [1.29, 1.82) is 5.26 Å². The molecule has 0 atom stereocenters. The summed E-state index contributed by atoms with van der Waals surface area (Å²) in [6.45, 7) is 0. The van der Waals surface area contributed by atoms with Crippen LogP contribution in [0.5, 0.6) is 0 Å². The van der Waals surface area contributed by atoms with Crippen molar-refractivity contribution in [2.24, 2.45) is 14.1 Å². The summed E-state index contributed by atoms with van der Waals surface area (Å²) in [5.41, 5.74) is 1.86. The summed E-state index contributed by atoms with van der Waals surface area (Å²) in [4.78, 5) is 23.4. The van der Waals surface area contributed by atoms with E-state index in [1.54, 1.807) is 30.9 Å². The molecule has 0 aliphatic rings. The topological polar surface area (TPSA) is 67.8 Å². The SMILES string of the molecule is Cn1c(CSCc2ccc(C#N)cc2)cc(=O)n(C)c1=O. The number of hydrogen-bond acceptors (Lipinski definition) is 4. The van der Waals surface area contributed by atoms with E-state index in [1.807, 2.05) is 12.1 Å². The highest BCUT2D eigenvalue weighted by Crippen LogP contribution is 2.16. The summed E-state index contributed by atoms with van der Waals surface area (Å²) in [5.74, 6) is 1.34. The van der Waals surface area contributed by atoms with Gasteiger partial charge in [0, 0.05) is 37.4 Å². The van der Waals surface area contributed by atoms with Crippen molar-refractivity contribution < 1.29 is 0 Å². The average Bonchev–Trinajstić information content (AvgIpc) is 2.51. The molecular weight excluding hydrogens is 286 g/mol. The normalized spacial score (nSPS) is 10.3. The molecule has 0 saturated heterocycles. The van der Waals surface area contributed by atoms with Crippen LogP contribution in [-0.4, -0.2) is 9.13 Å². The molecular formula is C15H15N3O2S. The van der Waals surface area contributed by atoms with E-state index in [9.17, 15) is 9.59 Å². The fraction of sp³-hybridized carbons (Fsp3) is 0.267. The first kappa shape index (κ1) is 15.1. The number of hydrogen-bond donors (Lipinski definition) is 0. The monoisotopic (exact) mass is 301 g/mol. The molecule has 1 aromatic carbocycles. The van der Waals surface area contributed by atoms with Crippen LogP contribution in [0.4, 0.5) is 0 Å². The molecule has 0 bridgehead atoms. The van der Waals surface area contributed by atoms with Gasteiger partial charge in [-0.15, -0.1) is 0 Å². The van der Waals surface area contributed by atoms with E-state index in [4.69, 9.17) is 5.26 Å². The summed E-state index contributed by atoms with van der Waals surface area (Å²) in [5, 5.41) is 8.74. The molecule has 1 aromatic heterocycles. The molecule has 21 heavy (non-hydrogen) atoms. The third-order valence-corrected chi connectivity index (χ3v) is 4.26. The fourth-order valence-corrected chi connectivity index (χ4v) is 2.88. The lowest BCUT2D eigenvalue weighted by Gasteiger charge is -2.09. The van der Waals surface area contributed by atoms with Gasteiger partial charge in [-0.05, 0) is 17.7 Å². The Hall–Kier alpha value is -2.26. The predicted molar refractivity (Wildman–Crippen MR) is 83.1 cm³/mol. The summed E-state index contributed by atoms with van der Waals surface area (Å²) in [6, 6.07) is 11.0. The first-order valence-corrected chi connectivity index (χ1v) is 7.51. The molecule has 2 rings (SSSR count). The van der Waals surface area contributed by atoms with Gasteiger partial charge >= 0.3 is 5.69 Å². The van der Waals surface area contributed by atoms with Crippen LogP contribution in [0.3, 0.4) is 0 Å². The van der Waals surface area contributed by atoms with Gasteiger partial charge in [0.15, 0.2) is 0 Å². The van der Waals surface area contributed by atoms with Gasteiger partial charge in [0.2, 0.25) is 0 Å². The minimum Gasteiger partial charge on any atom is -0.300 e. The van der Waals surface area contributed by atoms with Crippen LogP contribution in [0.25, 0.3) is 0 Å². The van der Waals surface area contributed by atoms with Gasteiger partial charge in [0.1, 0.15) is 0 Å². The summed E-state index contributed by atoms with van der Waals surface area (Å²) < 4.78 is 2.59. The number of aromatic nitrogens is 2. The van der Waals surface area contributed by atoms with Crippen molar-refractivity contribution in [3.63, 3.8) is 0 Å². The molecule has 6 heteroatoms. The Labute approximate surface area is 126 Å². The largest absolute Gasteiger partial charge is 0.330 e. The Kier molecular flexibility index (Phi) is 4.66. The second kappa shape index (κ2) is 6.46. The third kappa shape index (κ3) is 3.44. The molecule has 0 aliphatic carbocycles. The molecule has 108 valence electrons.